The Morgan fingerprint density at radius 3 is 2.44 bits per heavy atom. The van der Waals surface area contributed by atoms with Gasteiger partial charge in [0.2, 0.25) is 5.91 Å². The van der Waals surface area contributed by atoms with E-state index >= 15 is 0 Å². The average Bonchev–Trinajstić information content (AvgIpc) is 3.54. The lowest BCUT2D eigenvalue weighted by Gasteiger charge is -2.31. The summed E-state index contributed by atoms with van der Waals surface area (Å²) in [5.41, 5.74) is 1.75. The van der Waals surface area contributed by atoms with E-state index in [1.54, 1.807) is 73.0 Å². The van der Waals surface area contributed by atoms with Gasteiger partial charge in [-0.15, -0.1) is 11.8 Å². The van der Waals surface area contributed by atoms with Gasteiger partial charge in [0.25, 0.3) is 15.9 Å². The zero-order chi connectivity index (χ0) is 30.2. The second-order valence-corrected chi connectivity index (χ2v) is 13.0. The van der Waals surface area contributed by atoms with Crippen LogP contribution in [0.1, 0.15) is 35.4 Å². The summed E-state index contributed by atoms with van der Waals surface area (Å²) in [4.78, 5) is 28.9. The molecule has 0 atom stereocenters. The van der Waals surface area contributed by atoms with Gasteiger partial charge in [0.05, 0.1) is 51.1 Å². The SMILES string of the molecule is O=C(CSc1ccccc1C(=O)Nc1cc(S(=O)(=O)Nc2ccccc2Cl)ccc1N1CCCCC1)NCc1ccco1. The normalized spacial score (nSPS) is 13.4. The van der Waals surface area contributed by atoms with Crippen molar-refractivity contribution in [2.45, 2.75) is 35.6 Å². The van der Waals surface area contributed by atoms with Crippen molar-refractivity contribution >= 4 is 62.3 Å². The van der Waals surface area contributed by atoms with Crippen LogP contribution in [0.25, 0.3) is 0 Å². The van der Waals surface area contributed by atoms with E-state index in [9.17, 15) is 18.0 Å². The molecule has 2 heterocycles. The van der Waals surface area contributed by atoms with Gasteiger partial charge in [-0.3, -0.25) is 14.3 Å². The Labute approximate surface area is 260 Å². The molecular formula is C31H31ClN4O5S2. The number of rotatable bonds is 11. The van der Waals surface area contributed by atoms with Crippen molar-refractivity contribution in [3.63, 3.8) is 0 Å². The molecule has 0 unspecified atom stereocenters. The Morgan fingerprint density at radius 1 is 0.907 bits per heavy atom. The van der Waals surface area contributed by atoms with Crippen molar-refractivity contribution in [3.8, 4) is 0 Å². The first-order valence-electron chi connectivity index (χ1n) is 13.8. The van der Waals surface area contributed by atoms with E-state index in [0.29, 0.717) is 21.9 Å². The minimum atomic E-state index is -4.01. The number of thioether (sulfide) groups is 1. The minimum absolute atomic E-state index is 0.0145. The average molecular weight is 639 g/mol. The monoisotopic (exact) mass is 638 g/mol. The molecule has 9 nitrogen and oxygen atoms in total. The lowest BCUT2D eigenvalue weighted by atomic mass is 10.1. The molecule has 0 radical (unpaired) electrons. The number of sulfonamides is 1. The fourth-order valence-corrected chi connectivity index (χ4v) is 6.93. The van der Waals surface area contributed by atoms with Crippen molar-refractivity contribution in [1.29, 1.82) is 0 Å². The number of hydrogen-bond donors (Lipinski definition) is 3. The zero-order valence-corrected chi connectivity index (χ0v) is 25.6. The molecule has 224 valence electrons. The second kappa shape index (κ2) is 14.0. The number of nitrogens with one attached hydrogen (secondary N) is 3. The van der Waals surface area contributed by atoms with Crippen molar-refractivity contribution in [1.82, 2.24) is 5.32 Å². The van der Waals surface area contributed by atoms with E-state index in [0.717, 1.165) is 38.0 Å². The molecule has 0 saturated carbocycles. The summed E-state index contributed by atoms with van der Waals surface area (Å²) in [5, 5.41) is 6.03. The van der Waals surface area contributed by atoms with Crippen LogP contribution in [0.5, 0.6) is 0 Å². The maximum Gasteiger partial charge on any atom is 0.262 e. The molecule has 3 N–H and O–H groups in total. The lowest BCUT2D eigenvalue weighted by molar-refractivity contribution is -0.118. The molecule has 43 heavy (non-hydrogen) atoms. The van der Waals surface area contributed by atoms with Crippen LogP contribution in [-0.4, -0.2) is 39.1 Å². The smallest absolute Gasteiger partial charge is 0.262 e. The number of amides is 2. The molecule has 1 fully saturated rings. The third-order valence-corrected chi connectivity index (χ3v) is 9.64. The quantitative estimate of drug-likeness (QED) is 0.163. The van der Waals surface area contributed by atoms with Gasteiger partial charge in [-0.2, -0.15) is 0 Å². The summed E-state index contributed by atoms with van der Waals surface area (Å²) in [6.07, 6.45) is 4.67. The molecule has 4 aromatic rings. The summed E-state index contributed by atoms with van der Waals surface area (Å²) in [6.45, 7) is 1.87. The summed E-state index contributed by atoms with van der Waals surface area (Å²) < 4.78 is 34.5. The number of carbonyl (C=O) groups excluding carboxylic acids is 2. The van der Waals surface area contributed by atoms with Crippen LogP contribution in [-0.2, 0) is 21.4 Å². The van der Waals surface area contributed by atoms with Gasteiger partial charge < -0.3 is 20.0 Å². The molecule has 12 heteroatoms. The number of anilines is 3. The highest BCUT2D eigenvalue weighted by molar-refractivity contribution is 8.00. The van der Waals surface area contributed by atoms with Crippen LogP contribution in [0.2, 0.25) is 5.02 Å². The number of nitrogens with zero attached hydrogens (tertiary/aromatic N) is 1. The van der Waals surface area contributed by atoms with E-state index in [2.05, 4.69) is 20.3 Å². The predicted molar refractivity (Wildman–Crippen MR) is 170 cm³/mol. The standard InChI is InChI=1S/C31H31ClN4O5S2/c32-25-11-3-4-12-26(25)35-43(39,40)23-14-15-28(36-16-6-1-7-17-36)27(19-23)34-31(38)24-10-2-5-13-29(24)42-21-30(37)33-20-22-9-8-18-41-22/h2-5,8-15,18-19,35H,1,6-7,16-17,20-21H2,(H,33,37)(H,34,38). The molecular weight excluding hydrogens is 608 g/mol. The Morgan fingerprint density at radius 2 is 1.67 bits per heavy atom. The number of benzene rings is 3. The van der Waals surface area contributed by atoms with Crippen molar-refractivity contribution < 1.29 is 22.4 Å². The number of halogens is 1. The number of piperidine rings is 1. The van der Waals surface area contributed by atoms with Gasteiger partial charge >= 0.3 is 0 Å². The van der Waals surface area contributed by atoms with Crippen LogP contribution in [0.3, 0.4) is 0 Å². The first kappa shape index (κ1) is 30.5. The summed E-state index contributed by atoms with van der Waals surface area (Å²) in [5.74, 6) is 0.138. The Bertz CT molecular complexity index is 1690. The van der Waals surface area contributed by atoms with Gasteiger partial charge in [0.1, 0.15) is 5.76 Å². The first-order valence-corrected chi connectivity index (χ1v) is 16.6. The van der Waals surface area contributed by atoms with Crippen LogP contribution in [0.15, 0.2) is 99.3 Å². The van der Waals surface area contributed by atoms with Gasteiger partial charge in [0, 0.05) is 18.0 Å². The van der Waals surface area contributed by atoms with Gasteiger partial charge in [-0.05, 0) is 73.9 Å². The van der Waals surface area contributed by atoms with E-state index in [1.165, 1.54) is 23.9 Å². The van der Waals surface area contributed by atoms with Crippen LogP contribution < -0.4 is 20.3 Å². The van der Waals surface area contributed by atoms with Crippen LogP contribution >= 0.6 is 23.4 Å². The predicted octanol–water partition coefficient (Wildman–Crippen LogP) is 6.38. The Hall–Kier alpha value is -3.93. The molecule has 1 aliphatic rings. The number of hydrogen-bond acceptors (Lipinski definition) is 7. The largest absolute Gasteiger partial charge is 0.467 e. The Balaban J connectivity index is 1.36. The molecule has 5 rings (SSSR count). The van der Waals surface area contributed by atoms with E-state index in [1.807, 2.05) is 0 Å². The Kier molecular flexibility index (Phi) is 9.96. The van der Waals surface area contributed by atoms with Gasteiger partial charge in [0.15, 0.2) is 0 Å². The third kappa shape index (κ3) is 7.92. The molecule has 2 amide bonds. The highest BCUT2D eigenvalue weighted by Crippen LogP contribution is 2.33. The summed E-state index contributed by atoms with van der Waals surface area (Å²) in [6, 6.07) is 21.8. The molecule has 1 aromatic heterocycles. The maximum absolute atomic E-state index is 13.7. The maximum atomic E-state index is 13.7. The third-order valence-electron chi connectivity index (χ3n) is 6.87. The van der Waals surface area contributed by atoms with Crippen LogP contribution in [0, 0.1) is 0 Å². The fourth-order valence-electron chi connectivity index (χ4n) is 4.70. The van der Waals surface area contributed by atoms with E-state index in [-0.39, 0.29) is 33.8 Å². The summed E-state index contributed by atoms with van der Waals surface area (Å²) in [7, 11) is -4.01. The molecule has 0 aliphatic carbocycles. The van der Waals surface area contributed by atoms with E-state index < -0.39 is 15.9 Å². The van der Waals surface area contributed by atoms with Crippen molar-refractivity contribution in [2.75, 3.05) is 33.8 Å². The lowest BCUT2D eigenvalue weighted by Crippen LogP contribution is -2.30. The first-order chi connectivity index (χ1) is 20.8. The zero-order valence-electron chi connectivity index (χ0n) is 23.2. The molecule has 1 aliphatic heterocycles. The van der Waals surface area contributed by atoms with Crippen LogP contribution in [0.4, 0.5) is 17.1 Å². The highest BCUT2D eigenvalue weighted by Gasteiger charge is 2.23. The van der Waals surface area contributed by atoms with Gasteiger partial charge in [-0.1, -0.05) is 35.9 Å². The highest BCUT2D eigenvalue weighted by atomic mass is 35.5. The summed E-state index contributed by atoms with van der Waals surface area (Å²) >= 11 is 7.43. The topological polar surface area (TPSA) is 121 Å². The molecule has 0 bridgehead atoms. The fraction of sp³-hybridized carbons (Fsp3) is 0.226. The van der Waals surface area contributed by atoms with E-state index in [4.69, 9.17) is 16.0 Å². The second-order valence-electron chi connectivity index (χ2n) is 9.91. The van der Waals surface area contributed by atoms with Crippen molar-refractivity contribution in [2.24, 2.45) is 0 Å². The van der Waals surface area contributed by atoms with Crippen molar-refractivity contribution in [3.05, 3.63) is 101 Å². The number of para-hydroxylation sites is 1. The van der Waals surface area contributed by atoms with Gasteiger partial charge in [-0.25, -0.2) is 8.42 Å². The number of carbonyl (C=O) groups is 2. The molecule has 1 saturated heterocycles. The molecule has 0 spiro atoms. The molecule has 3 aromatic carbocycles. The minimum Gasteiger partial charge on any atom is -0.467 e. The number of furan rings is 1.